The zero-order valence-corrected chi connectivity index (χ0v) is 16.5. The van der Waals surface area contributed by atoms with E-state index in [1.54, 1.807) is 0 Å². The van der Waals surface area contributed by atoms with Crippen molar-refractivity contribution in [1.82, 2.24) is 0 Å². The van der Waals surface area contributed by atoms with E-state index in [2.05, 4.69) is 25.1 Å². The van der Waals surface area contributed by atoms with Gasteiger partial charge in [-0.3, -0.25) is 0 Å². The van der Waals surface area contributed by atoms with Crippen molar-refractivity contribution in [3.8, 4) is 11.1 Å². The van der Waals surface area contributed by atoms with Gasteiger partial charge in [0.05, 0.1) is 12.4 Å². The second-order valence-electron chi connectivity index (χ2n) is 7.55. The normalized spacial score (nSPS) is 12.5. The van der Waals surface area contributed by atoms with Crippen molar-refractivity contribution in [1.29, 1.82) is 0 Å². The maximum absolute atomic E-state index is 10.6. The standard InChI is InChI=1S/C25H32O2/c1-2-3-4-5-6-7-8-12-15-24(26)21-16-17-25-22(18-21)23(19-27-25)20-13-10-9-11-14-20/h9-11,13-14,16-19,24,26H,2-8,12,15H2,1H3. The molecule has 0 fully saturated rings. The number of benzene rings is 2. The molecule has 2 nitrogen and oxygen atoms in total. The van der Waals surface area contributed by atoms with Crippen molar-refractivity contribution >= 4 is 11.0 Å². The third-order valence-corrected chi connectivity index (χ3v) is 5.40. The summed E-state index contributed by atoms with van der Waals surface area (Å²) in [6.07, 6.45) is 12.6. The summed E-state index contributed by atoms with van der Waals surface area (Å²) in [4.78, 5) is 0. The summed E-state index contributed by atoms with van der Waals surface area (Å²) in [5, 5.41) is 11.7. The highest BCUT2D eigenvalue weighted by Gasteiger charge is 2.12. The molecular formula is C25H32O2. The number of rotatable bonds is 11. The number of hydrogen-bond donors (Lipinski definition) is 1. The van der Waals surface area contributed by atoms with Crippen LogP contribution in [-0.4, -0.2) is 5.11 Å². The lowest BCUT2D eigenvalue weighted by atomic mass is 9.98. The predicted molar refractivity (Wildman–Crippen MR) is 114 cm³/mol. The van der Waals surface area contributed by atoms with Gasteiger partial charge in [-0.15, -0.1) is 0 Å². The summed E-state index contributed by atoms with van der Waals surface area (Å²) in [6.45, 7) is 2.26. The van der Waals surface area contributed by atoms with E-state index in [0.29, 0.717) is 0 Å². The molecule has 0 saturated carbocycles. The Labute approximate surface area is 163 Å². The minimum atomic E-state index is -0.395. The molecule has 0 amide bonds. The number of aliphatic hydroxyl groups excluding tert-OH is 1. The lowest BCUT2D eigenvalue weighted by molar-refractivity contribution is 0.163. The molecule has 1 unspecified atom stereocenters. The predicted octanol–water partition coefficient (Wildman–Crippen LogP) is 7.66. The van der Waals surface area contributed by atoms with Gasteiger partial charge in [0.2, 0.25) is 0 Å². The highest BCUT2D eigenvalue weighted by molar-refractivity contribution is 5.94. The lowest BCUT2D eigenvalue weighted by Crippen LogP contribution is -1.97. The fraction of sp³-hybridized carbons (Fsp3) is 0.440. The molecule has 144 valence electrons. The van der Waals surface area contributed by atoms with Gasteiger partial charge >= 0.3 is 0 Å². The number of fused-ring (bicyclic) bond motifs is 1. The van der Waals surface area contributed by atoms with E-state index >= 15 is 0 Å². The van der Waals surface area contributed by atoms with Crippen LogP contribution in [0.1, 0.15) is 76.4 Å². The summed E-state index contributed by atoms with van der Waals surface area (Å²) >= 11 is 0. The molecule has 0 aliphatic rings. The van der Waals surface area contributed by atoms with Gasteiger partial charge in [-0.1, -0.05) is 94.7 Å². The Kier molecular flexibility index (Phi) is 7.53. The molecule has 0 aliphatic heterocycles. The van der Waals surface area contributed by atoms with Crippen molar-refractivity contribution in [3.63, 3.8) is 0 Å². The topological polar surface area (TPSA) is 33.4 Å². The smallest absolute Gasteiger partial charge is 0.134 e. The molecule has 0 spiro atoms. The van der Waals surface area contributed by atoms with E-state index in [4.69, 9.17) is 4.42 Å². The van der Waals surface area contributed by atoms with E-state index in [1.807, 2.05) is 36.6 Å². The number of unbranched alkanes of at least 4 members (excludes halogenated alkanes) is 7. The SMILES string of the molecule is CCCCCCCCCCC(O)c1ccc2occ(-c3ccccc3)c2c1. The maximum atomic E-state index is 10.6. The number of furan rings is 1. The second-order valence-corrected chi connectivity index (χ2v) is 7.55. The lowest BCUT2D eigenvalue weighted by Gasteiger charge is -2.11. The minimum Gasteiger partial charge on any atom is -0.464 e. The third kappa shape index (κ3) is 5.46. The van der Waals surface area contributed by atoms with Crippen molar-refractivity contribution in [3.05, 3.63) is 60.4 Å². The molecule has 0 radical (unpaired) electrons. The number of aliphatic hydroxyl groups is 1. The zero-order valence-electron chi connectivity index (χ0n) is 16.5. The molecule has 0 saturated heterocycles. The van der Waals surface area contributed by atoms with E-state index < -0.39 is 6.10 Å². The Morgan fingerprint density at radius 1 is 0.852 bits per heavy atom. The molecule has 0 aliphatic carbocycles. The van der Waals surface area contributed by atoms with Gasteiger partial charge in [-0.2, -0.15) is 0 Å². The van der Waals surface area contributed by atoms with Crippen molar-refractivity contribution in [2.24, 2.45) is 0 Å². The van der Waals surface area contributed by atoms with Gasteiger partial charge in [-0.25, -0.2) is 0 Å². The highest BCUT2D eigenvalue weighted by atomic mass is 16.3. The Morgan fingerprint density at radius 2 is 1.56 bits per heavy atom. The molecule has 1 heterocycles. The van der Waals surface area contributed by atoms with Crippen molar-refractivity contribution in [2.75, 3.05) is 0 Å². The third-order valence-electron chi connectivity index (χ3n) is 5.40. The summed E-state index contributed by atoms with van der Waals surface area (Å²) < 4.78 is 5.71. The molecule has 3 rings (SSSR count). The molecule has 1 atom stereocenters. The fourth-order valence-electron chi connectivity index (χ4n) is 3.73. The van der Waals surface area contributed by atoms with Gasteiger partial charge in [0.25, 0.3) is 0 Å². The van der Waals surface area contributed by atoms with Gasteiger partial charge in [0.15, 0.2) is 0 Å². The first kappa shape index (κ1) is 19.7. The Hall–Kier alpha value is -2.06. The van der Waals surface area contributed by atoms with E-state index in [1.165, 1.54) is 44.9 Å². The highest BCUT2D eigenvalue weighted by Crippen LogP contribution is 2.33. The van der Waals surface area contributed by atoms with Crippen LogP contribution in [0.3, 0.4) is 0 Å². The van der Waals surface area contributed by atoms with Crippen molar-refractivity contribution < 1.29 is 9.52 Å². The summed E-state index contributed by atoms with van der Waals surface area (Å²) in [5.74, 6) is 0. The van der Waals surface area contributed by atoms with Crippen LogP contribution in [0, 0.1) is 0 Å². The zero-order chi connectivity index (χ0) is 18.9. The molecule has 2 heteroatoms. The Bertz CT molecular complexity index is 804. The van der Waals surface area contributed by atoms with Crippen LogP contribution in [0.2, 0.25) is 0 Å². The van der Waals surface area contributed by atoms with Crippen LogP contribution >= 0.6 is 0 Å². The molecule has 0 bridgehead atoms. The molecular weight excluding hydrogens is 332 g/mol. The van der Waals surface area contributed by atoms with E-state index in [9.17, 15) is 5.11 Å². The van der Waals surface area contributed by atoms with Crippen LogP contribution < -0.4 is 0 Å². The quantitative estimate of drug-likeness (QED) is 0.354. The fourth-order valence-corrected chi connectivity index (χ4v) is 3.73. The largest absolute Gasteiger partial charge is 0.464 e. The number of hydrogen-bond acceptors (Lipinski definition) is 2. The average molecular weight is 365 g/mol. The molecule has 2 aromatic carbocycles. The van der Waals surface area contributed by atoms with Gasteiger partial charge in [-0.05, 0) is 29.7 Å². The van der Waals surface area contributed by atoms with Crippen LogP contribution in [0.15, 0.2) is 59.2 Å². The Morgan fingerprint density at radius 3 is 2.30 bits per heavy atom. The van der Waals surface area contributed by atoms with Gasteiger partial charge < -0.3 is 9.52 Å². The average Bonchev–Trinajstić information content (AvgIpc) is 3.13. The maximum Gasteiger partial charge on any atom is 0.134 e. The molecule has 1 N–H and O–H groups in total. The van der Waals surface area contributed by atoms with E-state index in [-0.39, 0.29) is 0 Å². The van der Waals surface area contributed by atoms with Gasteiger partial charge in [0.1, 0.15) is 5.58 Å². The van der Waals surface area contributed by atoms with Crippen LogP contribution in [0.4, 0.5) is 0 Å². The monoisotopic (exact) mass is 364 g/mol. The molecule has 3 aromatic rings. The first-order valence-electron chi connectivity index (χ1n) is 10.5. The van der Waals surface area contributed by atoms with E-state index in [0.717, 1.165) is 40.5 Å². The summed E-state index contributed by atoms with van der Waals surface area (Å²) in [5.41, 5.74) is 4.10. The van der Waals surface area contributed by atoms with Gasteiger partial charge in [0, 0.05) is 10.9 Å². The van der Waals surface area contributed by atoms with Crippen LogP contribution in [0.5, 0.6) is 0 Å². The second kappa shape index (κ2) is 10.3. The summed E-state index contributed by atoms with van der Waals surface area (Å²) in [6, 6.07) is 16.3. The molecule has 27 heavy (non-hydrogen) atoms. The van der Waals surface area contributed by atoms with Crippen molar-refractivity contribution in [2.45, 2.75) is 70.8 Å². The minimum absolute atomic E-state index is 0.395. The first-order valence-corrected chi connectivity index (χ1v) is 10.5. The van der Waals surface area contributed by atoms with Crippen LogP contribution in [-0.2, 0) is 0 Å². The Balaban J connectivity index is 1.55. The first-order chi connectivity index (χ1) is 13.3. The molecule has 1 aromatic heterocycles. The van der Waals surface area contributed by atoms with Crippen LogP contribution in [0.25, 0.3) is 22.1 Å². The summed E-state index contributed by atoms with van der Waals surface area (Å²) in [7, 11) is 0.